The lowest BCUT2D eigenvalue weighted by Gasteiger charge is -2.11. The zero-order valence-corrected chi connectivity index (χ0v) is 9.27. The van der Waals surface area contributed by atoms with Crippen LogP contribution in [-0.4, -0.2) is 7.05 Å². The van der Waals surface area contributed by atoms with E-state index in [0.29, 0.717) is 6.04 Å². The fourth-order valence-electron chi connectivity index (χ4n) is 1.10. The van der Waals surface area contributed by atoms with Crippen LogP contribution in [0.2, 0.25) is 0 Å². The smallest absolute Gasteiger partial charge is 0.0289 e. The van der Waals surface area contributed by atoms with E-state index < -0.39 is 0 Å². The van der Waals surface area contributed by atoms with Crippen LogP contribution in [0.3, 0.4) is 0 Å². The van der Waals surface area contributed by atoms with Gasteiger partial charge < -0.3 is 5.32 Å². The van der Waals surface area contributed by atoms with E-state index in [2.05, 4.69) is 53.3 Å². The van der Waals surface area contributed by atoms with Crippen LogP contribution in [-0.2, 0) is 0 Å². The first-order valence-electron chi connectivity index (χ1n) is 4.08. The maximum absolute atomic E-state index is 3.48. The molecule has 1 aromatic carbocycles. The summed E-state index contributed by atoms with van der Waals surface area (Å²) in [6, 6.07) is 6.86. The Bertz CT molecular complexity index is 271. The van der Waals surface area contributed by atoms with Gasteiger partial charge in [0.1, 0.15) is 0 Å². The first kappa shape index (κ1) is 9.75. The van der Waals surface area contributed by atoms with Crippen molar-refractivity contribution in [3.8, 4) is 0 Å². The summed E-state index contributed by atoms with van der Waals surface area (Å²) in [5.74, 6) is 0. The summed E-state index contributed by atoms with van der Waals surface area (Å²) in [4.78, 5) is 0. The van der Waals surface area contributed by atoms with Gasteiger partial charge in [-0.05, 0) is 38.1 Å². The van der Waals surface area contributed by atoms with Crippen molar-refractivity contribution in [1.29, 1.82) is 0 Å². The molecule has 12 heavy (non-hydrogen) atoms. The fraction of sp³-hybridized carbons (Fsp3) is 0.400. The summed E-state index contributed by atoms with van der Waals surface area (Å²) in [7, 11) is 1.97. The lowest BCUT2D eigenvalue weighted by Crippen LogP contribution is -2.12. The van der Waals surface area contributed by atoms with Gasteiger partial charge in [-0.2, -0.15) is 0 Å². The number of halogens is 1. The van der Waals surface area contributed by atoms with E-state index in [1.54, 1.807) is 0 Å². The van der Waals surface area contributed by atoms with E-state index in [-0.39, 0.29) is 0 Å². The SMILES string of the molecule is CN[C@H](C)c1ccc(Br)c(C)c1. The third kappa shape index (κ3) is 2.08. The highest BCUT2D eigenvalue weighted by Crippen LogP contribution is 2.20. The van der Waals surface area contributed by atoms with Crippen molar-refractivity contribution in [2.24, 2.45) is 0 Å². The Morgan fingerprint density at radius 2 is 2.08 bits per heavy atom. The van der Waals surface area contributed by atoms with Gasteiger partial charge in [0.05, 0.1) is 0 Å². The van der Waals surface area contributed by atoms with Gasteiger partial charge in [-0.1, -0.05) is 28.1 Å². The van der Waals surface area contributed by atoms with Crippen LogP contribution in [0, 0.1) is 6.92 Å². The highest BCUT2D eigenvalue weighted by atomic mass is 79.9. The van der Waals surface area contributed by atoms with Crippen molar-refractivity contribution >= 4 is 15.9 Å². The summed E-state index contributed by atoms with van der Waals surface area (Å²) in [6.45, 7) is 4.26. The second-order valence-corrected chi connectivity index (χ2v) is 3.87. The fourth-order valence-corrected chi connectivity index (χ4v) is 1.35. The molecule has 1 atom stereocenters. The molecule has 0 aliphatic heterocycles. The Labute approximate surface area is 82.3 Å². The minimum atomic E-state index is 0.428. The topological polar surface area (TPSA) is 12.0 Å². The van der Waals surface area contributed by atoms with Crippen LogP contribution in [0.15, 0.2) is 22.7 Å². The average Bonchev–Trinajstić information content (AvgIpc) is 2.08. The molecule has 0 radical (unpaired) electrons. The number of benzene rings is 1. The van der Waals surface area contributed by atoms with Crippen molar-refractivity contribution in [3.63, 3.8) is 0 Å². The standard InChI is InChI=1S/C10H14BrN/c1-7-6-9(8(2)12-3)4-5-10(7)11/h4-6,8,12H,1-3H3/t8-/m1/s1. The molecule has 66 valence electrons. The second-order valence-electron chi connectivity index (χ2n) is 3.02. The third-order valence-corrected chi connectivity index (χ3v) is 3.00. The van der Waals surface area contributed by atoms with E-state index in [9.17, 15) is 0 Å². The molecule has 1 rings (SSSR count). The van der Waals surface area contributed by atoms with Gasteiger partial charge in [0, 0.05) is 10.5 Å². The zero-order valence-electron chi connectivity index (χ0n) is 7.69. The minimum Gasteiger partial charge on any atom is -0.313 e. The van der Waals surface area contributed by atoms with Crippen LogP contribution < -0.4 is 5.32 Å². The van der Waals surface area contributed by atoms with Crippen molar-refractivity contribution in [3.05, 3.63) is 33.8 Å². The molecule has 0 bridgehead atoms. The predicted molar refractivity (Wildman–Crippen MR) is 56.4 cm³/mol. The maximum Gasteiger partial charge on any atom is 0.0289 e. The van der Waals surface area contributed by atoms with E-state index in [1.807, 2.05) is 7.05 Å². The normalized spacial score (nSPS) is 13.0. The molecule has 0 aliphatic carbocycles. The van der Waals surface area contributed by atoms with Crippen LogP contribution in [0.5, 0.6) is 0 Å². The highest BCUT2D eigenvalue weighted by molar-refractivity contribution is 9.10. The molecule has 0 saturated heterocycles. The van der Waals surface area contributed by atoms with Gasteiger partial charge in [-0.3, -0.25) is 0 Å². The summed E-state index contributed by atoms with van der Waals surface area (Å²) >= 11 is 3.48. The second kappa shape index (κ2) is 4.06. The molecule has 0 aliphatic rings. The van der Waals surface area contributed by atoms with Gasteiger partial charge in [0.2, 0.25) is 0 Å². The molecule has 0 amide bonds. The van der Waals surface area contributed by atoms with Crippen molar-refractivity contribution < 1.29 is 0 Å². The lowest BCUT2D eigenvalue weighted by molar-refractivity contribution is 0.651. The molecule has 1 nitrogen and oxygen atoms in total. The van der Waals surface area contributed by atoms with E-state index >= 15 is 0 Å². The molecule has 2 heteroatoms. The Hall–Kier alpha value is -0.340. The van der Waals surface area contributed by atoms with Crippen molar-refractivity contribution in [2.75, 3.05) is 7.05 Å². The van der Waals surface area contributed by atoms with Crippen LogP contribution >= 0.6 is 15.9 Å². The maximum atomic E-state index is 3.48. The Morgan fingerprint density at radius 1 is 1.42 bits per heavy atom. The van der Waals surface area contributed by atoms with Crippen molar-refractivity contribution in [1.82, 2.24) is 5.32 Å². The average molecular weight is 228 g/mol. The van der Waals surface area contributed by atoms with E-state index in [4.69, 9.17) is 0 Å². The van der Waals surface area contributed by atoms with Gasteiger partial charge in [0.15, 0.2) is 0 Å². The van der Waals surface area contributed by atoms with Crippen LogP contribution in [0.25, 0.3) is 0 Å². The Balaban J connectivity index is 2.96. The van der Waals surface area contributed by atoms with E-state index in [0.717, 1.165) is 0 Å². The number of nitrogens with one attached hydrogen (secondary N) is 1. The van der Waals surface area contributed by atoms with Crippen LogP contribution in [0.1, 0.15) is 24.1 Å². The van der Waals surface area contributed by atoms with Gasteiger partial charge >= 0.3 is 0 Å². The Kier molecular flexibility index (Phi) is 3.29. The first-order valence-corrected chi connectivity index (χ1v) is 4.87. The largest absolute Gasteiger partial charge is 0.313 e. The minimum absolute atomic E-state index is 0.428. The van der Waals surface area contributed by atoms with Crippen molar-refractivity contribution in [2.45, 2.75) is 19.9 Å². The quantitative estimate of drug-likeness (QED) is 0.820. The highest BCUT2D eigenvalue weighted by Gasteiger charge is 2.02. The lowest BCUT2D eigenvalue weighted by atomic mass is 10.1. The molecular weight excluding hydrogens is 214 g/mol. The zero-order chi connectivity index (χ0) is 9.14. The number of hydrogen-bond acceptors (Lipinski definition) is 1. The summed E-state index contributed by atoms with van der Waals surface area (Å²) in [6.07, 6.45) is 0. The van der Waals surface area contributed by atoms with Gasteiger partial charge in [-0.25, -0.2) is 0 Å². The molecule has 0 aromatic heterocycles. The monoisotopic (exact) mass is 227 g/mol. The molecule has 1 aromatic rings. The molecule has 1 N–H and O–H groups in total. The molecule has 0 unspecified atom stereocenters. The number of hydrogen-bond donors (Lipinski definition) is 1. The first-order chi connectivity index (χ1) is 5.65. The molecule has 0 saturated carbocycles. The van der Waals surface area contributed by atoms with E-state index in [1.165, 1.54) is 15.6 Å². The third-order valence-electron chi connectivity index (χ3n) is 2.12. The molecule has 0 heterocycles. The molecule has 0 fully saturated rings. The van der Waals surface area contributed by atoms with Crippen LogP contribution in [0.4, 0.5) is 0 Å². The van der Waals surface area contributed by atoms with Gasteiger partial charge in [-0.15, -0.1) is 0 Å². The predicted octanol–water partition coefficient (Wildman–Crippen LogP) is 3.04. The Morgan fingerprint density at radius 3 is 2.58 bits per heavy atom. The molecular formula is C10H14BrN. The summed E-state index contributed by atoms with van der Waals surface area (Å²) < 4.78 is 1.18. The molecule has 0 spiro atoms. The number of aryl methyl sites for hydroxylation is 1. The summed E-state index contributed by atoms with van der Waals surface area (Å²) in [5, 5.41) is 3.21. The number of rotatable bonds is 2. The van der Waals surface area contributed by atoms with Gasteiger partial charge in [0.25, 0.3) is 0 Å². The summed E-state index contributed by atoms with van der Waals surface area (Å²) in [5.41, 5.74) is 2.62.